The summed E-state index contributed by atoms with van der Waals surface area (Å²) in [7, 11) is -10.1. The number of rotatable bonds is 3. The molecule has 2 aromatic heterocycles. The summed E-state index contributed by atoms with van der Waals surface area (Å²) >= 11 is 0. The zero-order valence-electron chi connectivity index (χ0n) is 11.0. The third-order valence-electron chi connectivity index (χ3n) is 1.86. The van der Waals surface area contributed by atoms with E-state index in [4.69, 9.17) is 30.4 Å². The van der Waals surface area contributed by atoms with Crippen molar-refractivity contribution in [3.63, 3.8) is 0 Å². The Labute approximate surface area is 126 Å². The molecule has 0 saturated carbocycles. The van der Waals surface area contributed by atoms with Crippen LogP contribution in [0.2, 0.25) is 0 Å². The van der Waals surface area contributed by atoms with Crippen LogP contribution in [0.1, 0.15) is 5.69 Å². The highest BCUT2D eigenvalue weighted by Gasteiger charge is 2.27. The highest BCUT2D eigenvalue weighted by atomic mass is 31.3. The van der Waals surface area contributed by atoms with Gasteiger partial charge in [0.1, 0.15) is 0 Å². The van der Waals surface area contributed by atoms with Gasteiger partial charge in [0.15, 0.2) is 11.2 Å². The summed E-state index contributed by atoms with van der Waals surface area (Å²) in [5.74, 6) is -0.00597. The number of hydrogen-bond donors (Lipinski definition) is 7. The molecular weight excluding hydrogens is 360 g/mol. The van der Waals surface area contributed by atoms with Crippen LogP contribution in [-0.2, 0) is 20.0 Å². The Morgan fingerprint density at radius 1 is 1.17 bits per heavy atom. The predicted octanol–water partition coefficient (Wildman–Crippen LogP) is -2.02. The lowest BCUT2D eigenvalue weighted by atomic mass is 10.4. The number of hydrogen-bond acceptors (Lipinski definition) is 9. The van der Waals surface area contributed by atoms with Crippen molar-refractivity contribution in [3.05, 3.63) is 22.2 Å². The van der Waals surface area contributed by atoms with Crippen molar-refractivity contribution in [1.29, 1.82) is 0 Å². The molecule has 0 aliphatic carbocycles. The van der Waals surface area contributed by atoms with Gasteiger partial charge in [-0.15, -0.1) is 0 Å². The van der Waals surface area contributed by atoms with Gasteiger partial charge in [-0.25, -0.2) is 19.1 Å². The Balaban J connectivity index is 0.000000257. The molecule has 0 aliphatic rings. The molecule has 14 nitrogen and oxygen atoms in total. The molecule has 2 aromatic rings. The Bertz CT molecular complexity index is 822. The summed E-state index contributed by atoms with van der Waals surface area (Å²) in [5.41, 5.74) is 5.41. The van der Waals surface area contributed by atoms with E-state index in [1.165, 1.54) is 6.20 Å². The second kappa shape index (κ2) is 7.21. The second-order valence-corrected chi connectivity index (χ2v) is 6.32. The number of nitrogens with one attached hydrogen (secondary N) is 1. The lowest BCUT2D eigenvalue weighted by Crippen LogP contribution is -2.14. The highest BCUT2D eigenvalue weighted by molar-refractivity contribution is 7.60. The number of nitrogens with zero attached hydrogens (tertiary/aromatic N) is 3. The van der Waals surface area contributed by atoms with Crippen LogP contribution in [0.3, 0.4) is 0 Å². The maximum atomic E-state index is 11.3. The summed E-state index contributed by atoms with van der Waals surface area (Å²) in [5, 5.41) is 8.78. The van der Waals surface area contributed by atoms with Gasteiger partial charge in [-0.1, -0.05) is 0 Å². The zero-order valence-corrected chi connectivity index (χ0v) is 12.8. The van der Waals surface area contributed by atoms with E-state index in [2.05, 4.69) is 24.2 Å². The summed E-state index contributed by atoms with van der Waals surface area (Å²) in [6.45, 7) is -0.271. The molecule has 0 radical (unpaired) electrons. The first-order valence-electron chi connectivity index (χ1n) is 5.36. The van der Waals surface area contributed by atoms with Crippen molar-refractivity contribution >= 4 is 32.8 Å². The summed E-state index contributed by atoms with van der Waals surface area (Å²) in [6, 6.07) is 0. The zero-order chi connectivity index (χ0) is 17.8. The fraction of sp³-hybridized carbons (Fsp3) is 0.143. The molecule has 0 aromatic carbocycles. The fourth-order valence-corrected chi connectivity index (χ4v) is 2.29. The Morgan fingerprint density at radius 2 is 1.74 bits per heavy atom. The molecule has 2 heterocycles. The summed E-state index contributed by atoms with van der Waals surface area (Å²) in [4.78, 5) is 56.1. The molecule has 0 aliphatic heterocycles. The van der Waals surface area contributed by atoms with Crippen LogP contribution < -0.4 is 11.3 Å². The quantitative estimate of drug-likeness (QED) is 0.288. The van der Waals surface area contributed by atoms with Crippen LogP contribution in [0.5, 0.6) is 0 Å². The van der Waals surface area contributed by atoms with Crippen LogP contribution in [0, 0.1) is 0 Å². The van der Waals surface area contributed by atoms with Gasteiger partial charge in [-0.3, -0.25) is 9.78 Å². The monoisotopic (exact) mass is 371 g/mol. The van der Waals surface area contributed by atoms with Crippen molar-refractivity contribution in [2.45, 2.75) is 6.61 Å². The Morgan fingerprint density at radius 3 is 2.17 bits per heavy atom. The third-order valence-corrected chi connectivity index (χ3v) is 3.56. The number of phosphoric acid groups is 2. The number of aliphatic hydroxyl groups excluding tert-OH is 1. The standard InChI is InChI=1S/C7H7N5O2.H4O7P2/c8-7-11-5-4(6(14)12-7)10-3(2-13)1-9-5;1-8(2,3)7-9(4,5)6/h1,13H,2H2,(H3,8,9,11,12,14);(H2,1,2,3)(H2,4,5,6). The van der Waals surface area contributed by atoms with Gasteiger partial charge in [0, 0.05) is 0 Å². The molecule has 2 rings (SSSR count). The van der Waals surface area contributed by atoms with Crippen molar-refractivity contribution in [1.82, 2.24) is 19.9 Å². The van der Waals surface area contributed by atoms with E-state index in [9.17, 15) is 13.9 Å². The summed E-state index contributed by atoms with van der Waals surface area (Å²) in [6.07, 6.45) is 1.34. The smallest absolute Gasteiger partial charge is 0.390 e. The van der Waals surface area contributed by atoms with Crippen LogP contribution in [0.15, 0.2) is 11.0 Å². The number of nitrogens with two attached hydrogens (primary N) is 1. The minimum atomic E-state index is -5.05. The molecule has 23 heavy (non-hydrogen) atoms. The number of aliphatic hydroxyl groups is 1. The van der Waals surface area contributed by atoms with Gasteiger partial charge < -0.3 is 30.4 Å². The van der Waals surface area contributed by atoms with E-state index in [0.29, 0.717) is 5.69 Å². The number of anilines is 1. The van der Waals surface area contributed by atoms with Crippen molar-refractivity contribution in [2.24, 2.45) is 0 Å². The SMILES string of the molecule is Nc1nc2ncc(CO)nc2c(=O)[nH]1.O=P(O)(O)OP(=O)(O)O. The predicted molar refractivity (Wildman–Crippen MR) is 73.5 cm³/mol. The lowest BCUT2D eigenvalue weighted by Gasteiger charge is -2.03. The molecule has 0 bridgehead atoms. The van der Waals surface area contributed by atoms with E-state index < -0.39 is 21.2 Å². The van der Waals surface area contributed by atoms with Gasteiger partial charge in [-0.2, -0.15) is 9.29 Å². The van der Waals surface area contributed by atoms with Gasteiger partial charge in [0.2, 0.25) is 5.95 Å². The number of aromatic amines is 1. The maximum Gasteiger partial charge on any atom is 0.478 e. The Kier molecular flexibility index (Phi) is 6.04. The molecule has 0 spiro atoms. The average Bonchev–Trinajstić information content (AvgIpc) is 2.34. The van der Waals surface area contributed by atoms with Gasteiger partial charge >= 0.3 is 15.6 Å². The largest absolute Gasteiger partial charge is 0.478 e. The van der Waals surface area contributed by atoms with Crippen molar-refractivity contribution < 1.29 is 38.1 Å². The van der Waals surface area contributed by atoms with E-state index in [1.807, 2.05) is 0 Å². The van der Waals surface area contributed by atoms with Crippen LogP contribution in [0.25, 0.3) is 11.2 Å². The molecule has 8 N–H and O–H groups in total. The molecule has 0 unspecified atom stereocenters. The number of aromatic nitrogens is 4. The average molecular weight is 371 g/mol. The number of H-pyrrole nitrogens is 1. The molecule has 0 amide bonds. The minimum Gasteiger partial charge on any atom is -0.390 e. The van der Waals surface area contributed by atoms with Crippen molar-refractivity contribution in [3.8, 4) is 0 Å². The van der Waals surface area contributed by atoms with E-state index in [1.54, 1.807) is 0 Å². The van der Waals surface area contributed by atoms with Crippen LogP contribution in [-0.4, -0.2) is 44.6 Å². The maximum absolute atomic E-state index is 11.3. The second-order valence-electron chi connectivity index (χ2n) is 3.71. The van der Waals surface area contributed by atoms with Gasteiger partial charge in [0.25, 0.3) is 5.56 Å². The minimum absolute atomic E-state index is 0.00597. The molecule has 0 atom stereocenters. The van der Waals surface area contributed by atoms with Crippen LogP contribution >= 0.6 is 15.6 Å². The molecule has 0 saturated heterocycles. The molecule has 128 valence electrons. The topological polar surface area (TPSA) is 242 Å². The molecule has 0 fully saturated rings. The Hall–Kier alpha value is -1.76. The van der Waals surface area contributed by atoms with Gasteiger partial charge in [0.05, 0.1) is 18.5 Å². The lowest BCUT2D eigenvalue weighted by molar-refractivity contribution is 0.225. The first-order chi connectivity index (χ1) is 10.4. The molecule has 16 heteroatoms. The highest BCUT2D eigenvalue weighted by Crippen LogP contribution is 2.53. The third kappa shape index (κ3) is 6.90. The van der Waals surface area contributed by atoms with Crippen molar-refractivity contribution in [2.75, 3.05) is 5.73 Å². The molecular formula is C7H11N5O9P2. The van der Waals surface area contributed by atoms with E-state index in [0.717, 1.165) is 0 Å². The summed E-state index contributed by atoms with van der Waals surface area (Å²) < 4.78 is 22.2. The van der Waals surface area contributed by atoms with E-state index >= 15 is 0 Å². The van der Waals surface area contributed by atoms with E-state index in [-0.39, 0.29) is 23.7 Å². The van der Waals surface area contributed by atoms with Crippen LogP contribution in [0.4, 0.5) is 5.95 Å². The number of nitrogen functional groups attached to an aromatic ring is 1. The first kappa shape index (κ1) is 19.3. The number of fused-ring (bicyclic) bond motifs is 1. The first-order valence-corrected chi connectivity index (χ1v) is 8.42. The van der Waals surface area contributed by atoms with Gasteiger partial charge in [-0.05, 0) is 0 Å². The normalized spacial score (nSPS) is 11.9. The fourth-order valence-electron chi connectivity index (χ4n) is 1.19.